The summed E-state index contributed by atoms with van der Waals surface area (Å²) in [5, 5.41) is 4.86. The number of halogens is 2. The molecule has 2 N–H and O–H groups in total. The van der Waals surface area contributed by atoms with Crippen LogP contribution in [0.15, 0.2) is 17.5 Å². The molecule has 0 saturated heterocycles. The van der Waals surface area contributed by atoms with Crippen LogP contribution in [0.3, 0.4) is 0 Å². The minimum Gasteiger partial charge on any atom is -0.427 e. The van der Waals surface area contributed by atoms with Crippen LogP contribution in [0, 0.1) is 0 Å². The minimum absolute atomic E-state index is 0.101. The highest BCUT2D eigenvalue weighted by Crippen LogP contribution is 2.29. The Balaban J connectivity index is 2.31. The molecule has 0 spiro atoms. The SMILES string of the molecule is CO[B]N(C)CCB(OCN)c1cc(Cl)cc2c(CBr)csc12. The van der Waals surface area contributed by atoms with Gasteiger partial charge < -0.3 is 19.9 Å². The molecule has 0 saturated carbocycles. The number of hydrogen-bond acceptors (Lipinski definition) is 5. The van der Waals surface area contributed by atoms with Gasteiger partial charge in [0.15, 0.2) is 0 Å². The number of nitrogens with two attached hydrogens (primary N) is 1. The lowest BCUT2D eigenvalue weighted by Crippen LogP contribution is -2.39. The largest absolute Gasteiger partial charge is 0.427 e. The van der Waals surface area contributed by atoms with Crippen molar-refractivity contribution in [1.82, 2.24) is 4.81 Å². The monoisotopic (exact) mass is 415 g/mol. The molecule has 23 heavy (non-hydrogen) atoms. The molecule has 2 rings (SSSR count). The number of nitrogens with zero attached hydrogens (tertiary/aromatic N) is 1. The van der Waals surface area contributed by atoms with Crippen LogP contribution in [0.5, 0.6) is 0 Å². The van der Waals surface area contributed by atoms with Gasteiger partial charge in [-0.15, -0.1) is 11.3 Å². The average Bonchev–Trinajstić information content (AvgIpc) is 2.93. The number of hydrogen-bond donors (Lipinski definition) is 1. The molecule has 0 aliphatic carbocycles. The van der Waals surface area contributed by atoms with E-state index in [1.165, 1.54) is 15.6 Å². The standard InChI is InChI=1S/C14H19B2BrClN2O2S/c1-20(15-21-2)4-3-16(22-9-19)13-6-11(18)5-12-10(7-17)8-23-14(12)13/h5-6,8H,3-4,7,9,19H2,1-2H3. The first kappa shape index (κ1) is 19.2. The molecule has 1 heterocycles. The maximum atomic E-state index is 6.33. The molecule has 1 radical (unpaired) electrons. The van der Waals surface area contributed by atoms with Gasteiger partial charge in [-0.05, 0) is 53.8 Å². The van der Waals surface area contributed by atoms with Gasteiger partial charge in [0.25, 0.3) is 0 Å². The van der Waals surface area contributed by atoms with Gasteiger partial charge in [-0.2, -0.15) is 0 Å². The van der Waals surface area contributed by atoms with E-state index in [1.807, 2.05) is 24.0 Å². The van der Waals surface area contributed by atoms with Gasteiger partial charge in [0.05, 0.1) is 6.73 Å². The third-order valence-electron chi connectivity index (χ3n) is 3.57. The first-order chi connectivity index (χ1) is 11.1. The second-order valence-corrected chi connectivity index (χ2v) is 7.08. The van der Waals surface area contributed by atoms with Crippen LogP contribution in [0.2, 0.25) is 11.3 Å². The van der Waals surface area contributed by atoms with E-state index in [9.17, 15) is 0 Å². The molecule has 2 aromatic rings. The molecular weight excluding hydrogens is 397 g/mol. The summed E-state index contributed by atoms with van der Waals surface area (Å²) in [6, 6.07) is 4.00. The van der Waals surface area contributed by atoms with Crippen LogP contribution in [0.1, 0.15) is 5.56 Å². The van der Waals surface area contributed by atoms with E-state index in [0.717, 1.165) is 28.7 Å². The summed E-state index contributed by atoms with van der Waals surface area (Å²) < 4.78 is 12.0. The molecule has 0 aliphatic heterocycles. The first-order valence-electron chi connectivity index (χ1n) is 7.24. The van der Waals surface area contributed by atoms with Crippen LogP contribution in [-0.2, 0) is 14.6 Å². The van der Waals surface area contributed by atoms with Crippen molar-refractivity contribution < 1.29 is 9.31 Å². The maximum Gasteiger partial charge on any atom is 0.398 e. The molecule has 9 heteroatoms. The Bertz CT molecular complexity index is 647. The van der Waals surface area contributed by atoms with Crippen molar-refractivity contribution in [2.24, 2.45) is 5.73 Å². The molecule has 0 amide bonds. The first-order valence-corrected chi connectivity index (χ1v) is 9.62. The number of benzene rings is 1. The second kappa shape index (κ2) is 9.42. The van der Waals surface area contributed by atoms with Crippen LogP contribution >= 0.6 is 38.9 Å². The number of rotatable bonds is 9. The zero-order chi connectivity index (χ0) is 16.8. The van der Waals surface area contributed by atoms with Crippen molar-refractivity contribution in [3.8, 4) is 0 Å². The zero-order valence-corrected chi connectivity index (χ0v) is 16.4. The van der Waals surface area contributed by atoms with Crippen LogP contribution in [0.25, 0.3) is 10.1 Å². The van der Waals surface area contributed by atoms with Crippen molar-refractivity contribution in [3.63, 3.8) is 0 Å². The highest BCUT2D eigenvalue weighted by molar-refractivity contribution is 9.08. The lowest BCUT2D eigenvalue weighted by molar-refractivity contribution is 0.332. The Labute approximate surface area is 155 Å². The second-order valence-electron chi connectivity index (χ2n) is 5.20. The Morgan fingerprint density at radius 2 is 2.26 bits per heavy atom. The number of fused-ring (bicyclic) bond motifs is 1. The van der Waals surface area contributed by atoms with E-state index in [4.69, 9.17) is 26.6 Å². The average molecular weight is 416 g/mol. The fraction of sp³-hybridized carbons (Fsp3) is 0.429. The third-order valence-corrected chi connectivity index (χ3v) is 5.48. The maximum absolute atomic E-state index is 6.33. The van der Waals surface area contributed by atoms with E-state index in [1.54, 1.807) is 26.1 Å². The molecule has 1 aromatic carbocycles. The van der Waals surface area contributed by atoms with E-state index < -0.39 is 0 Å². The minimum atomic E-state index is -0.101. The van der Waals surface area contributed by atoms with Gasteiger partial charge in [-0.25, -0.2) is 0 Å². The summed E-state index contributed by atoms with van der Waals surface area (Å²) in [5.74, 6) is 0. The zero-order valence-electron chi connectivity index (χ0n) is 13.2. The summed E-state index contributed by atoms with van der Waals surface area (Å²) in [5.41, 5.74) is 7.98. The lowest BCUT2D eigenvalue weighted by Gasteiger charge is -2.19. The Hall–Kier alpha value is -0.0801. The van der Waals surface area contributed by atoms with Crippen molar-refractivity contribution in [3.05, 3.63) is 28.1 Å². The number of alkyl halides is 1. The van der Waals surface area contributed by atoms with Crippen LogP contribution in [-0.4, -0.2) is 46.8 Å². The molecule has 0 unspecified atom stereocenters. The summed E-state index contributed by atoms with van der Waals surface area (Å²) >= 11 is 11.6. The molecule has 123 valence electrons. The van der Waals surface area contributed by atoms with Crippen molar-refractivity contribution in [1.29, 1.82) is 0 Å². The van der Waals surface area contributed by atoms with Crippen molar-refractivity contribution >= 4 is 68.9 Å². The normalized spacial score (nSPS) is 11.4. The molecular formula is C14H19B2BrClN2O2S. The highest BCUT2D eigenvalue weighted by Gasteiger charge is 2.23. The molecule has 0 bridgehead atoms. The van der Waals surface area contributed by atoms with Gasteiger partial charge in [0.2, 0.25) is 0 Å². The summed E-state index contributed by atoms with van der Waals surface area (Å²) in [4.78, 5) is 1.98. The highest BCUT2D eigenvalue weighted by atomic mass is 79.9. The lowest BCUT2D eigenvalue weighted by atomic mass is 9.57. The van der Waals surface area contributed by atoms with Gasteiger partial charge in [0.1, 0.15) is 0 Å². The smallest absolute Gasteiger partial charge is 0.398 e. The fourth-order valence-electron chi connectivity index (χ4n) is 2.52. The Kier molecular flexibility index (Phi) is 7.88. The third kappa shape index (κ3) is 4.95. The predicted octanol–water partition coefficient (Wildman–Crippen LogP) is 2.69. The Morgan fingerprint density at radius 3 is 2.91 bits per heavy atom. The van der Waals surface area contributed by atoms with Crippen LogP contribution in [0.4, 0.5) is 0 Å². The van der Waals surface area contributed by atoms with E-state index >= 15 is 0 Å². The summed E-state index contributed by atoms with van der Waals surface area (Å²) in [7, 11) is 5.28. The Morgan fingerprint density at radius 1 is 1.48 bits per heavy atom. The summed E-state index contributed by atoms with van der Waals surface area (Å²) in [6.45, 7) is 0.867. The van der Waals surface area contributed by atoms with Gasteiger partial charge >= 0.3 is 14.5 Å². The van der Waals surface area contributed by atoms with E-state index in [-0.39, 0.29) is 13.6 Å². The van der Waals surface area contributed by atoms with Gasteiger partial charge in [-0.1, -0.05) is 27.5 Å². The topological polar surface area (TPSA) is 47.7 Å². The van der Waals surface area contributed by atoms with E-state index in [2.05, 4.69) is 21.3 Å². The van der Waals surface area contributed by atoms with Crippen molar-refractivity contribution in [2.75, 3.05) is 27.4 Å². The molecule has 0 atom stereocenters. The van der Waals surface area contributed by atoms with Gasteiger partial charge in [0, 0.05) is 22.2 Å². The van der Waals surface area contributed by atoms with E-state index in [0.29, 0.717) is 0 Å². The molecule has 0 aliphatic rings. The van der Waals surface area contributed by atoms with Crippen molar-refractivity contribution in [2.45, 2.75) is 11.7 Å². The van der Waals surface area contributed by atoms with Gasteiger partial charge in [-0.3, -0.25) is 0 Å². The molecule has 4 nitrogen and oxygen atoms in total. The van der Waals surface area contributed by atoms with Crippen LogP contribution < -0.4 is 11.2 Å². The predicted molar refractivity (Wildman–Crippen MR) is 105 cm³/mol. The molecule has 1 aromatic heterocycles. The quantitative estimate of drug-likeness (QED) is 0.388. The number of thiophene rings is 1. The molecule has 0 fully saturated rings. The summed E-state index contributed by atoms with van der Waals surface area (Å²) in [6.07, 6.45) is 0.796. The fourth-order valence-corrected chi connectivity index (χ4v) is 4.54.